The maximum Gasteiger partial charge on any atom is 0.231 e. The molecule has 0 radical (unpaired) electrons. The average molecular weight is 412 g/mol. The third-order valence-electron chi connectivity index (χ3n) is 5.20. The summed E-state index contributed by atoms with van der Waals surface area (Å²) in [5.74, 6) is 2.85. The van der Waals surface area contributed by atoms with Gasteiger partial charge in [0.1, 0.15) is 36.2 Å². The highest BCUT2D eigenvalue weighted by Crippen LogP contribution is 2.36. The van der Waals surface area contributed by atoms with Crippen LogP contribution in [0.2, 0.25) is 0 Å². The van der Waals surface area contributed by atoms with E-state index in [1.54, 1.807) is 31.4 Å². The summed E-state index contributed by atoms with van der Waals surface area (Å²) in [5, 5.41) is 0. The monoisotopic (exact) mass is 412 g/mol. The molecule has 5 heteroatoms. The molecular formula is C26H20O5. The molecular weight excluding hydrogens is 392 g/mol. The number of Topliss-reactive ketones (excluding diaryl/α,β-unsaturated/α-hetero) is 1. The highest BCUT2D eigenvalue weighted by Gasteiger charge is 2.28. The van der Waals surface area contributed by atoms with E-state index >= 15 is 0 Å². The zero-order valence-electron chi connectivity index (χ0n) is 17.0. The topological polar surface area (TPSA) is 54.0 Å². The van der Waals surface area contributed by atoms with E-state index in [9.17, 15) is 4.79 Å². The number of allylic oxidation sites excluding steroid dienone is 1. The maximum absolute atomic E-state index is 12.8. The number of methoxy groups -OCH3 is 1. The molecule has 0 amide bonds. The predicted octanol–water partition coefficient (Wildman–Crippen LogP) is 5.21. The Morgan fingerprint density at radius 3 is 2.74 bits per heavy atom. The van der Waals surface area contributed by atoms with Crippen LogP contribution in [0.3, 0.4) is 0 Å². The minimum absolute atomic E-state index is 0.147. The largest absolute Gasteiger partial charge is 0.496 e. The summed E-state index contributed by atoms with van der Waals surface area (Å²) in [5.41, 5.74) is 3.32. The van der Waals surface area contributed by atoms with Crippen LogP contribution in [0.4, 0.5) is 0 Å². The van der Waals surface area contributed by atoms with Gasteiger partial charge in [-0.25, -0.2) is 0 Å². The van der Waals surface area contributed by atoms with Gasteiger partial charge in [0.25, 0.3) is 0 Å². The quantitative estimate of drug-likeness (QED) is 0.539. The SMILES string of the molecule is COc1ccccc1COc1ccc2c(c1)O/C(=C\C1=Cc3ccccc3OC1)C2=O. The zero-order valence-corrected chi connectivity index (χ0v) is 17.0. The Kier molecular flexibility index (Phi) is 4.92. The molecule has 0 aliphatic carbocycles. The highest BCUT2D eigenvalue weighted by atomic mass is 16.5. The number of ketones is 1. The van der Waals surface area contributed by atoms with E-state index in [0.29, 0.717) is 30.3 Å². The lowest BCUT2D eigenvalue weighted by atomic mass is 10.1. The summed E-state index contributed by atoms with van der Waals surface area (Å²) < 4.78 is 22.9. The molecule has 0 atom stereocenters. The van der Waals surface area contributed by atoms with Gasteiger partial charge in [0.05, 0.1) is 12.7 Å². The summed E-state index contributed by atoms with van der Waals surface area (Å²) in [6.07, 6.45) is 3.75. The molecule has 2 aliphatic heterocycles. The van der Waals surface area contributed by atoms with Crippen LogP contribution in [-0.4, -0.2) is 19.5 Å². The third kappa shape index (κ3) is 3.78. The molecule has 0 aromatic heterocycles. The van der Waals surface area contributed by atoms with Gasteiger partial charge in [-0.1, -0.05) is 36.4 Å². The van der Waals surface area contributed by atoms with Crippen molar-refractivity contribution in [3.05, 3.63) is 101 Å². The first-order chi connectivity index (χ1) is 15.2. The Balaban J connectivity index is 1.33. The van der Waals surface area contributed by atoms with Gasteiger partial charge in [-0.05, 0) is 42.0 Å². The molecule has 154 valence electrons. The van der Waals surface area contributed by atoms with Crippen molar-refractivity contribution in [2.45, 2.75) is 6.61 Å². The number of ether oxygens (including phenoxy) is 4. The van der Waals surface area contributed by atoms with Crippen molar-refractivity contribution in [3.63, 3.8) is 0 Å². The Labute approximate surface area is 180 Å². The van der Waals surface area contributed by atoms with E-state index < -0.39 is 0 Å². The molecule has 0 saturated heterocycles. The van der Waals surface area contributed by atoms with Crippen LogP contribution in [-0.2, 0) is 6.61 Å². The summed E-state index contributed by atoms with van der Waals surface area (Å²) in [6.45, 7) is 0.740. The van der Waals surface area contributed by atoms with E-state index in [4.69, 9.17) is 18.9 Å². The Morgan fingerprint density at radius 2 is 1.84 bits per heavy atom. The molecule has 2 heterocycles. The van der Waals surface area contributed by atoms with E-state index in [1.807, 2.05) is 54.6 Å². The molecule has 5 rings (SSSR count). The Morgan fingerprint density at radius 1 is 1.00 bits per heavy atom. The fourth-order valence-electron chi connectivity index (χ4n) is 3.63. The molecule has 0 bridgehead atoms. The molecule has 2 aliphatic rings. The normalized spacial score (nSPS) is 15.5. The molecule has 0 unspecified atom stereocenters. The van der Waals surface area contributed by atoms with E-state index in [-0.39, 0.29) is 11.5 Å². The number of carbonyl (C=O) groups excluding carboxylic acids is 1. The van der Waals surface area contributed by atoms with Crippen LogP contribution in [0.15, 0.2) is 84.1 Å². The molecule has 0 N–H and O–H groups in total. The molecule has 3 aromatic carbocycles. The molecule has 0 saturated carbocycles. The first-order valence-electron chi connectivity index (χ1n) is 9.96. The van der Waals surface area contributed by atoms with Crippen molar-refractivity contribution >= 4 is 11.9 Å². The second-order valence-electron chi connectivity index (χ2n) is 7.24. The van der Waals surface area contributed by atoms with Crippen molar-refractivity contribution in [1.82, 2.24) is 0 Å². The number of fused-ring (bicyclic) bond motifs is 2. The second kappa shape index (κ2) is 8.03. The molecule has 0 fully saturated rings. The number of benzene rings is 3. The number of hydrogen-bond acceptors (Lipinski definition) is 5. The fraction of sp³-hybridized carbons (Fsp3) is 0.115. The third-order valence-corrected chi connectivity index (χ3v) is 5.20. The fourth-order valence-corrected chi connectivity index (χ4v) is 3.63. The zero-order chi connectivity index (χ0) is 21.2. The van der Waals surface area contributed by atoms with Crippen LogP contribution in [0.5, 0.6) is 23.0 Å². The molecule has 5 nitrogen and oxygen atoms in total. The standard InChI is InChI=1S/C26H20O5/c1-28-22-8-4-3-7-19(22)16-29-20-10-11-21-24(14-20)31-25(26(21)27)13-17-12-18-6-2-5-9-23(18)30-15-17/h2-14H,15-16H2,1H3/b25-13-. The van der Waals surface area contributed by atoms with Crippen LogP contribution in [0.25, 0.3) is 6.08 Å². The summed E-state index contributed by atoms with van der Waals surface area (Å²) >= 11 is 0. The number of para-hydroxylation sites is 2. The summed E-state index contributed by atoms with van der Waals surface area (Å²) in [4.78, 5) is 12.8. The molecule has 0 spiro atoms. The predicted molar refractivity (Wildman–Crippen MR) is 117 cm³/mol. The van der Waals surface area contributed by atoms with Gasteiger partial charge in [0, 0.05) is 17.2 Å². The summed E-state index contributed by atoms with van der Waals surface area (Å²) in [7, 11) is 1.63. The molecule has 3 aromatic rings. The van der Waals surface area contributed by atoms with Crippen LogP contribution >= 0.6 is 0 Å². The van der Waals surface area contributed by atoms with E-state index in [0.717, 1.165) is 28.2 Å². The lowest BCUT2D eigenvalue weighted by Crippen LogP contribution is -2.08. The average Bonchev–Trinajstić information content (AvgIpc) is 3.12. The maximum atomic E-state index is 12.8. The molecule has 31 heavy (non-hydrogen) atoms. The van der Waals surface area contributed by atoms with Crippen LogP contribution in [0.1, 0.15) is 21.5 Å². The first-order valence-corrected chi connectivity index (χ1v) is 9.96. The minimum Gasteiger partial charge on any atom is -0.496 e. The van der Waals surface area contributed by atoms with E-state index in [1.165, 1.54) is 0 Å². The number of carbonyl (C=O) groups is 1. The van der Waals surface area contributed by atoms with Crippen LogP contribution in [0, 0.1) is 0 Å². The smallest absolute Gasteiger partial charge is 0.231 e. The van der Waals surface area contributed by atoms with Gasteiger partial charge in [0.2, 0.25) is 5.78 Å². The number of rotatable bonds is 5. The summed E-state index contributed by atoms with van der Waals surface area (Å²) in [6, 6.07) is 20.7. The van der Waals surface area contributed by atoms with Gasteiger partial charge in [-0.3, -0.25) is 4.79 Å². The van der Waals surface area contributed by atoms with Crippen molar-refractivity contribution < 1.29 is 23.7 Å². The first kappa shape index (κ1) is 19.0. The van der Waals surface area contributed by atoms with Gasteiger partial charge in [-0.15, -0.1) is 0 Å². The second-order valence-corrected chi connectivity index (χ2v) is 7.24. The Hall–Kier alpha value is -3.99. The minimum atomic E-state index is -0.147. The van der Waals surface area contributed by atoms with Gasteiger partial charge in [-0.2, -0.15) is 0 Å². The van der Waals surface area contributed by atoms with Crippen molar-refractivity contribution in [2.24, 2.45) is 0 Å². The highest BCUT2D eigenvalue weighted by molar-refractivity contribution is 6.12. The van der Waals surface area contributed by atoms with Crippen molar-refractivity contribution in [1.29, 1.82) is 0 Å². The Bertz CT molecular complexity index is 1220. The van der Waals surface area contributed by atoms with Gasteiger partial charge < -0.3 is 18.9 Å². The van der Waals surface area contributed by atoms with E-state index in [2.05, 4.69) is 0 Å². The number of hydrogen-bond donors (Lipinski definition) is 0. The van der Waals surface area contributed by atoms with Gasteiger partial charge >= 0.3 is 0 Å². The van der Waals surface area contributed by atoms with Crippen molar-refractivity contribution in [3.8, 4) is 23.0 Å². The van der Waals surface area contributed by atoms with Crippen LogP contribution < -0.4 is 18.9 Å². The van der Waals surface area contributed by atoms with Crippen molar-refractivity contribution in [2.75, 3.05) is 13.7 Å². The lowest BCUT2D eigenvalue weighted by Gasteiger charge is -2.15. The lowest BCUT2D eigenvalue weighted by molar-refractivity contribution is 0.101. The van der Waals surface area contributed by atoms with Gasteiger partial charge in [0.15, 0.2) is 5.76 Å².